The number of carbonyl (C=O) groups is 1. The molecule has 6 nitrogen and oxygen atoms in total. The van der Waals surface area contributed by atoms with Crippen LogP contribution in [0.2, 0.25) is 0 Å². The predicted octanol–water partition coefficient (Wildman–Crippen LogP) is 3.37. The third-order valence-electron chi connectivity index (χ3n) is 7.75. The molecule has 1 amide bonds. The van der Waals surface area contributed by atoms with E-state index in [0.717, 1.165) is 50.0 Å². The highest BCUT2D eigenvalue weighted by molar-refractivity contribution is 6.08. The average molecular weight is 412 g/mol. The van der Waals surface area contributed by atoms with E-state index < -0.39 is 5.54 Å². The number of ether oxygens (including phenoxy) is 2. The Hall–Kier alpha value is -2.08. The Morgan fingerprint density at radius 1 is 1.23 bits per heavy atom. The van der Waals surface area contributed by atoms with Crippen LogP contribution in [0.4, 0.5) is 0 Å². The quantitative estimate of drug-likeness (QED) is 0.806. The SMILES string of the molecule is COC1CCC2(CC1)Cc1ccc(OCC3CC3)cc1[C@@]21N=C(N)N(C(C)C)C1=O. The summed E-state index contributed by atoms with van der Waals surface area (Å²) >= 11 is 0. The minimum atomic E-state index is -0.936. The summed E-state index contributed by atoms with van der Waals surface area (Å²) in [7, 11) is 1.78. The summed E-state index contributed by atoms with van der Waals surface area (Å²) < 4.78 is 11.7. The number of hydrogen-bond donors (Lipinski definition) is 1. The standard InChI is InChI=1S/C24H33N3O3/c1-15(2)27-21(28)24(26-22(27)25)20-12-19(30-14-16-4-5-16)7-6-17(20)13-23(24)10-8-18(29-3)9-11-23/h6-7,12,15-16,18H,4-5,8-11,13-14H2,1-3H3,(H2,25,26)/t18?,23?,24-/m0/s1. The van der Waals surface area contributed by atoms with Gasteiger partial charge in [-0.05, 0) is 88.0 Å². The fraction of sp³-hybridized carbons (Fsp3) is 0.667. The Balaban J connectivity index is 1.59. The van der Waals surface area contributed by atoms with Crippen LogP contribution in [0.3, 0.4) is 0 Å². The van der Waals surface area contributed by atoms with Gasteiger partial charge in [-0.1, -0.05) is 6.07 Å². The Morgan fingerprint density at radius 2 is 1.97 bits per heavy atom. The molecule has 4 aliphatic rings. The van der Waals surface area contributed by atoms with Crippen molar-refractivity contribution in [2.45, 2.75) is 76.5 Å². The molecule has 5 rings (SSSR count). The van der Waals surface area contributed by atoms with E-state index in [1.165, 1.54) is 18.4 Å². The number of nitrogens with zero attached hydrogens (tertiary/aromatic N) is 2. The minimum Gasteiger partial charge on any atom is -0.493 e. The molecule has 1 atom stereocenters. The van der Waals surface area contributed by atoms with E-state index in [2.05, 4.69) is 18.2 Å². The van der Waals surface area contributed by atoms with Crippen molar-refractivity contribution in [1.29, 1.82) is 0 Å². The lowest BCUT2D eigenvalue weighted by Crippen LogP contribution is -2.53. The van der Waals surface area contributed by atoms with E-state index in [9.17, 15) is 4.79 Å². The molecule has 3 aliphatic carbocycles. The number of rotatable bonds is 5. The van der Waals surface area contributed by atoms with E-state index in [0.29, 0.717) is 11.9 Å². The van der Waals surface area contributed by atoms with Crippen LogP contribution >= 0.6 is 0 Å². The van der Waals surface area contributed by atoms with E-state index >= 15 is 0 Å². The Labute approximate surface area is 178 Å². The van der Waals surface area contributed by atoms with Crippen LogP contribution in [0.5, 0.6) is 5.75 Å². The zero-order valence-electron chi connectivity index (χ0n) is 18.3. The molecular formula is C24H33N3O3. The first-order chi connectivity index (χ1) is 14.4. The highest BCUT2D eigenvalue weighted by Crippen LogP contribution is 2.62. The highest BCUT2D eigenvalue weighted by atomic mass is 16.5. The average Bonchev–Trinajstić information content (AvgIpc) is 3.46. The van der Waals surface area contributed by atoms with Crippen molar-refractivity contribution in [2.75, 3.05) is 13.7 Å². The first-order valence-corrected chi connectivity index (χ1v) is 11.4. The van der Waals surface area contributed by atoms with Gasteiger partial charge in [0.25, 0.3) is 5.91 Å². The summed E-state index contributed by atoms with van der Waals surface area (Å²) in [6.07, 6.45) is 7.33. The summed E-state index contributed by atoms with van der Waals surface area (Å²) in [6, 6.07) is 6.26. The van der Waals surface area contributed by atoms with E-state index in [1.54, 1.807) is 12.0 Å². The highest BCUT2D eigenvalue weighted by Gasteiger charge is 2.67. The number of amides is 1. The number of carbonyl (C=O) groups excluding carboxylic acids is 1. The largest absolute Gasteiger partial charge is 0.493 e. The zero-order chi connectivity index (χ0) is 21.1. The predicted molar refractivity (Wildman–Crippen MR) is 115 cm³/mol. The maximum atomic E-state index is 14.0. The molecule has 2 N–H and O–H groups in total. The van der Waals surface area contributed by atoms with Crippen molar-refractivity contribution >= 4 is 11.9 Å². The molecule has 2 fully saturated rings. The van der Waals surface area contributed by atoms with Gasteiger partial charge in [0.05, 0.1) is 12.7 Å². The Morgan fingerprint density at radius 3 is 2.57 bits per heavy atom. The molecule has 2 spiro atoms. The number of hydrogen-bond acceptors (Lipinski definition) is 5. The molecule has 0 unspecified atom stereocenters. The summed E-state index contributed by atoms with van der Waals surface area (Å²) in [4.78, 5) is 20.7. The second-order valence-corrected chi connectivity index (χ2v) is 9.91. The van der Waals surface area contributed by atoms with Gasteiger partial charge in [0.1, 0.15) is 5.75 Å². The fourth-order valence-corrected chi connectivity index (χ4v) is 5.90. The number of methoxy groups -OCH3 is 1. The minimum absolute atomic E-state index is 0.0219. The van der Waals surface area contributed by atoms with Crippen molar-refractivity contribution in [3.05, 3.63) is 29.3 Å². The molecular weight excluding hydrogens is 378 g/mol. The van der Waals surface area contributed by atoms with Crippen molar-refractivity contribution in [2.24, 2.45) is 22.1 Å². The van der Waals surface area contributed by atoms with Crippen LogP contribution in [-0.2, 0) is 21.5 Å². The molecule has 6 heteroatoms. The van der Waals surface area contributed by atoms with Crippen LogP contribution < -0.4 is 10.5 Å². The van der Waals surface area contributed by atoms with Gasteiger partial charge in [0.2, 0.25) is 0 Å². The van der Waals surface area contributed by atoms with E-state index in [-0.39, 0.29) is 23.5 Å². The number of benzene rings is 1. The number of fused-ring (bicyclic) bond motifs is 3. The Kier molecular flexibility index (Phi) is 4.62. The van der Waals surface area contributed by atoms with Gasteiger partial charge in [-0.3, -0.25) is 9.69 Å². The van der Waals surface area contributed by atoms with Crippen LogP contribution in [0.25, 0.3) is 0 Å². The van der Waals surface area contributed by atoms with Crippen molar-refractivity contribution in [3.63, 3.8) is 0 Å². The number of guanidine groups is 1. The fourth-order valence-electron chi connectivity index (χ4n) is 5.90. The van der Waals surface area contributed by atoms with Gasteiger partial charge in [0, 0.05) is 18.6 Å². The lowest BCUT2D eigenvalue weighted by molar-refractivity contribution is -0.139. The summed E-state index contributed by atoms with van der Waals surface area (Å²) in [5.74, 6) is 1.90. The molecule has 162 valence electrons. The smallest absolute Gasteiger partial charge is 0.262 e. The summed E-state index contributed by atoms with van der Waals surface area (Å²) in [6.45, 7) is 4.75. The van der Waals surface area contributed by atoms with Gasteiger partial charge in [0.15, 0.2) is 11.5 Å². The zero-order valence-corrected chi connectivity index (χ0v) is 18.3. The molecule has 2 saturated carbocycles. The lowest BCUT2D eigenvalue weighted by atomic mass is 9.61. The van der Waals surface area contributed by atoms with Crippen molar-refractivity contribution < 1.29 is 14.3 Å². The maximum absolute atomic E-state index is 14.0. The topological polar surface area (TPSA) is 77.2 Å². The second-order valence-electron chi connectivity index (χ2n) is 9.91. The molecule has 1 aliphatic heterocycles. The molecule has 0 bridgehead atoms. The molecule has 30 heavy (non-hydrogen) atoms. The van der Waals surface area contributed by atoms with Gasteiger partial charge in [-0.25, -0.2) is 4.99 Å². The summed E-state index contributed by atoms with van der Waals surface area (Å²) in [5, 5.41) is 0. The second kappa shape index (κ2) is 6.98. The Bertz CT molecular complexity index is 884. The van der Waals surface area contributed by atoms with E-state index in [1.807, 2.05) is 13.8 Å². The van der Waals surface area contributed by atoms with Gasteiger partial charge < -0.3 is 15.2 Å². The first-order valence-electron chi connectivity index (χ1n) is 11.4. The lowest BCUT2D eigenvalue weighted by Gasteiger charge is -2.45. The van der Waals surface area contributed by atoms with Crippen LogP contribution in [0, 0.1) is 11.3 Å². The van der Waals surface area contributed by atoms with Gasteiger partial charge >= 0.3 is 0 Å². The summed E-state index contributed by atoms with van der Waals surface area (Å²) in [5.41, 5.74) is 7.40. The van der Waals surface area contributed by atoms with Crippen LogP contribution in [0.1, 0.15) is 63.5 Å². The van der Waals surface area contributed by atoms with Crippen molar-refractivity contribution in [1.82, 2.24) is 4.90 Å². The van der Waals surface area contributed by atoms with Crippen molar-refractivity contribution in [3.8, 4) is 5.75 Å². The van der Waals surface area contributed by atoms with E-state index in [4.69, 9.17) is 20.2 Å². The van der Waals surface area contributed by atoms with Crippen LogP contribution in [0.15, 0.2) is 23.2 Å². The van der Waals surface area contributed by atoms with Gasteiger partial charge in [-0.15, -0.1) is 0 Å². The normalized spacial score (nSPS) is 32.9. The molecule has 1 aromatic carbocycles. The number of aliphatic imine (C=N–C) groups is 1. The first kappa shape index (κ1) is 19.9. The molecule has 1 aromatic rings. The monoisotopic (exact) mass is 411 g/mol. The molecule has 0 saturated heterocycles. The third-order valence-corrected chi connectivity index (χ3v) is 7.75. The molecule has 1 heterocycles. The van der Waals surface area contributed by atoms with Crippen LogP contribution in [-0.4, -0.2) is 42.6 Å². The van der Waals surface area contributed by atoms with Gasteiger partial charge in [-0.2, -0.15) is 0 Å². The maximum Gasteiger partial charge on any atom is 0.262 e. The number of nitrogens with two attached hydrogens (primary N) is 1. The third kappa shape index (κ3) is 2.79. The molecule has 0 radical (unpaired) electrons. The molecule has 0 aromatic heterocycles.